The van der Waals surface area contributed by atoms with Gasteiger partial charge in [0.05, 0.1) is 11.2 Å². The van der Waals surface area contributed by atoms with E-state index in [9.17, 15) is 4.79 Å². The van der Waals surface area contributed by atoms with E-state index in [1.54, 1.807) is 52.0 Å². The average molecular weight is 366 g/mol. The topological polar surface area (TPSA) is 104 Å². The molecule has 1 heterocycles. The minimum atomic E-state index is -1.49. The number of hydrogen-bond acceptors (Lipinski definition) is 6. The van der Waals surface area contributed by atoms with Crippen LogP contribution in [0.1, 0.15) is 38.1 Å². The molecular weight excluding hydrogens is 335 g/mol. The van der Waals surface area contributed by atoms with Gasteiger partial charge < -0.3 is 30.1 Å². The van der Waals surface area contributed by atoms with Crippen molar-refractivity contribution in [3.05, 3.63) is 29.8 Å². The summed E-state index contributed by atoms with van der Waals surface area (Å²) in [4.78, 5) is 16.2. The highest BCUT2D eigenvalue weighted by molar-refractivity contribution is 6.58. The van der Waals surface area contributed by atoms with Gasteiger partial charge in [0.15, 0.2) is 0 Å². The summed E-state index contributed by atoms with van der Waals surface area (Å²) in [6.07, 6.45) is 0. The van der Waals surface area contributed by atoms with Gasteiger partial charge in [-0.25, -0.2) is 0 Å². The summed E-state index contributed by atoms with van der Waals surface area (Å²) in [6, 6.07) is 6.40. The van der Waals surface area contributed by atoms with E-state index in [1.165, 1.54) is 0 Å². The lowest BCUT2D eigenvalue weighted by Crippen LogP contribution is -2.47. The molecule has 0 unspecified atom stereocenters. The van der Waals surface area contributed by atoms with Crippen molar-refractivity contribution < 1.29 is 25.1 Å². The monoisotopic (exact) mass is 366 g/mol. The number of amides is 1. The van der Waals surface area contributed by atoms with Crippen LogP contribution in [0.15, 0.2) is 24.3 Å². The summed E-state index contributed by atoms with van der Waals surface area (Å²) < 4.78 is 0. The van der Waals surface area contributed by atoms with Crippen molar-refractivity contribution in [3.8, 4) is 0 Å². The second kappa shape index (κ2) is 8.97. The standard InChI is InChI=1S/C12H17BN2O3.C6H14O2/c1-14-6-8-15(9-7-14)12(16)10-2-4-11(5-3-10)13(17)18;1-5(2,7)6(3,4)8/h2-5,17-18H,6-9H2,1H3;7-8H,1-4H3. The molecule has 0 atom stereocenters. The Hall–Kier alpha value is -1.45. The number of carbonyl (C=O) groups is 1. The Morgan fingerprint density at radius 3 is 1.69 bits per heavy atom. The minimum absolute atomic E-state index is 0.00193. The van der Waals surface area contributed by atoms with Gasteiger partial charge in [0, 0.05) is 31.7 Å². The molecule has 1 amide bonds. The molecule has 0 aliphatic carbocycles. The van der Waals surface area contributed by atoms with Crippen molar-refractivity contribution in [1.82, 2.24) is 9.80 Å². The lowest BCUT2D eigenvalue weighted by Gasteiger charge is -2.32. The zero-order valence-corrected chi connectivity index (χ0v) is 16.3. The fraction of sp³-hybridized carbons (Fsp3) is 0.611. The largest absolute Gasteiger partial charge is 0.488 e. The summed E-state index contributed by atoms with van der Waals surface area (Å²) >= 11 is 0. The van der Waals surface area contributed by atoms with E-state index >= 15 is 0 Å². The van der Waals surface area contributed by atoms with Gasteiger partial charge in [0.2, 0.25) is 0 Å². The maximum Gasteiger partial charge on any atom is 0.488 e. The summed E-state index contributed by atoms with van der Waals surface area (Å²) in [7, 11) is 0.553. The first-order valence-electron chi connectivity index (χ1n) is 8.71. The fourth-order valence-electron chi connectivity index (χ4n) is 1.99. The Bertz CT molecular complexity index is 559. The maximum absolute atomic E-state index is 12.2. The third-order valence-corrected chi connectivity index (χ3v) is 4.74. The third kappa shape index (κ3) is 6.70. The van der Waals surface area contributed by atoms with E-state index in [1.807, 2.05) is 11.9 Å². The predicted molar refractivity (Wildman–Crippen MR) is 102 cm³/mol. The first-order chi connectivity index (χ1) is 11.8. The van der Waals surface area contributed by atoms with Crippen LogP contribution in [0.2, 0.25) is 0 Å². The smallest absolute Gasteiger partial charge is 0.423 e. The lowest BCUT2D eigenvalue weighted by atomic mass is 9.80. The molecule has 0 radical (unpaired) electrons. The summed E-state index contributed by atoms with van der Waals surface area (Å²) in [5.41, 5.74) is -1.03. The van der Waals surface area contributed by atoms with Crippen LogP contribution in [-0.4, -0.2) is 87.5 Å². The Morgan fingerprint density at radius 2 is 1.35 bits per heavy atom. The second-order valence-corrected chi connectivity index (χ2v) is 7.71. The number of hydrogen-bond donors (Lipinski definition) is 4. The van der Waals surface area contributed by atoms with Gasteiger partial charge in [-0.15, -0.1) is 0 Å². The van der Waals surface area contributed by atoms with Crippen LogP contribution in [-0.2, 0) is 0 Å². The van der Waals surface area contributed by atoms with Gasteiger partial charge in [-0.1, -0.05) is 12.1 Å². The fourth-order valence-corrected chi connectivity index (χ4v) is 1.99. The highest BCUT2D eigenvalue weighted by Gasteiger charge is 2.32. The molecule has 1 aromatic rings. The normalized spacial score (nSPS) is 16.0. The Morgan fingerprint density at radius 1 is 0.923 bits per heavy atom. The Kier molecular flexibility index (Phi) is 7.79. The van der Waals surface area contributed by atoms with E-state index < -0.39 is 18.3 Å². The van der Waals surface area contributed by atoms with Crippen LogP contribution in [0.3, 0.4) is 0 Å². The predicted octanol–water partition coefficient (Wildman–Crippen LogP) is -0.718. The van der Waals surface area contributed by atoms with Crippen LogP contribution in [0.25, 0.3) is 0 Å². The molecule has 0 saturated carbocycles. The first-order valence-corrected chi connectivity index (χ1v) is 8.71. The van der Waals surface area contributed by atoms with E-state index in [2.05, 4.69) is 4.90 Å². The molecule has 1 aromatic carbocycles. The summed E-state index contributed by atoms with van der Waals surface area (Å²) in [6.45, 7) is 9.55. The zero-order chi connectivity index (χ0) is 20.1. The second-order valence-electron chi connectivity index (χ2n) is 7.71. The molecular formula is C18H31BN2O5. The average Bonchev–Trinajstić information content (AvgIpc) is 2.54. The molecule has 146 valence electrons. The molecule has 1 fully saturated rings. The molecule has 0 spiro atoms. The molecule has 1 aliphatic rings. The number of piperazine rings is 1. The molecule has 1 aliphatic heterocycles. The van der Waals surface area contributed by atoms with E-state index in [0.717, 1.165) is 26.2 Å². The van der Waals surface area contributed by atoms with Crippen LogP contribution in [0.4, 0.5) is 0 Å². The molecule has 8 heteroatoms. The van der Waals surface area contributed by atoms with E-state index in [4.69, 9.17) is 20.3 Å². The molecule has 7 nitrogen and oxygen atoms in total. The van der Waals surface area contributed by atoms with Gasteiger partial charge in [0.1, 0.15) is 0 Å². The van der Waals surface area contributed by atoms with E-state index in [0.29, 0.717) is 11.0 Å². The van der Waals surface area contributed by atoms with Gasteiger partial charge in [-0.05, 0) is 52.3 Å². The van der Waals surface area contributed by atoms with Crippen LogP contribution in [0, 0.1) is 0 Å². The number of benzene rings is 1. The lowest BCUT2D eigenvalue weighted by molar-refractivity contribution is -0.107. The summed E-state index contributed by atoms with van der Waals surface area (Å²) in [5, 5.41) is 36.2. The first kappa shape index (κ1) is 22.6. The molecule has 26 heavy (non-hydrogen) atoms. The number of nitrogens with zero attached hydrogens (tertiary/aromatic N) is 2. The van der Waals surface area contributed by atoms with Crippen molar-refractivity contribution in [2.75, 3.05) is 33.2 Å². The highest BCUT2D eigenvalue weighted by Crippen LogP contribution is 2.19. The van der Waals surface area contributed by atoms with Gasteiger partial charge in [-0.3, -0.25) is 4.79 Å². The van der Waals surface area contributed by atoms with Gasteiger partial charge >= 0.3 is 7.12 Å². The summed E-state index contributed by atoms with van der Waals surface area (Å²) in [5.74, 6) is 0.00193. The maximum atomic E-state index is 12.2. The third-order valence-electron chi connectivity index (χ3n) is 4.74. The SMILES string of the molecule is CC(C)(O)C(C)(C)O.CN1CCN(C(=O)c2ccc(B(O)O)cc2)CC1. The highest BCUT2D eigenvalue weighted by atomic mass is 16.4. The van der Waals surface area contributed by atoms with Gasteiger partial charge in [-0.2, -0.15) is 0 Å². The Balaban J connectivity index is 0.000000359. The van der Waals surface area contributed by atoms with Crippen molar-refractivity contribution in [3.63, 3.8) is 0 Å². The zero-order valence-electron chi connectivity index (χ0n) is 16.3. The number of likely N-dealkylation sites (N-methyl/N-ethyl adjacent to an activating group) is 1. The molecule has 4 N–H and O–H groups in total. The van der Waals surface area contributed by atoms with Crippen LogP contribution >= 0.6 is 0 Å². The van der Waals surface area contributed by atoms with Crippen molar-refractivity contribution in [2.24, 2.45) is 0 Å². The molecule has 0 bridgehead atoms. The number of rotatable bonds is 3. The molecule has 1 saturated heterocycles. The van der Waals surface area contributed by atoms with Crippen molar-refractivity contribution in [1.29, 1.82) is 0 Å². The van der Waals surface area contributed by atoms with Crippen LogP contribution < -0.4 is 5.46 Å². The number of aliphatic hydroxyl groups is 2. The van der Waals surface area contributed by atoms with Crippen molar-refractivity contribution >= 4 is 18.5 Å². The van der Waals surface area contributed by atoms with Crippen molar-refractivity contribution in [2.45, 2.75) is 38.9 Å². The minimum Gasteiger partial charge on any atom is -0.423 e. The van der Waals surface area contributed by atoms with E-state index in [-0.39, 0.29) is 5.91 Å². The Labute approximate surface area is 156 Å². The van der Waals surface area contributed by atoms with Gasteiger partial charge in [0.25, 0.3) is 5.91 Å². The quantitative estimate of drug-likeness (QED) is 0.527. The number of carbonyl (C=O) groups excluding carboxylic acids is 1. The molecule has 2 rings (SSSR count). The molecule has 0 aromatic heterocycles. The van der Waals surface area contributed by atoms with Crippen LogP contribution in [0.5, 0.6) is 0 Å².